The van der Waals surface area contributed by atoms with Crippen molar-refractivity contribution in [1.82, 2.24) is 5.32 Å². The molecule has 0 heterocycles. The van der Waals surface area contributed by atoms with Crippen LogP contribution < -0.4 is 15.4 Å². The molecule has 1 fully saturated rings. The molecule has 6 heteroatoms. The first-order valence-electron chi connectivity index (χ1n) is 6.53. The van der Waals surface area contributed by atoms with Gasteiger partial charge in [-0.1, -0.05) is 6.07 Å². The molecule has 0 radical (unpaired) electrons. The third-order valence-electron chi connectivity index (χ3n) is 3.44. The standard InChI is InChI=1S/C14H18N2O4/c1-20-12-4-2-3-10(8-12)15-14(19)16-11-6-5-9(7-11)13(17)18/h2-4,8-9,11H,5-7H2,1H3,(H,17,18)(H2,15,16,19). The van der Waals surface area contributed by atoms with E-state index in [4.69, 9.17) is 9.84 Å². The molecule has 1 aromatic rings. The fraction of sp³-hybridized carbons (Fsp3) is 0.429. The summed E-state index contributed by atoms with van der Waals surface area (Å²) in [5.41, 5.74) is 0.634. The summed E-state index contributed by atoms with van der Waals surface area (Å²) in [4.78, 5) is 22.7. The number of hydrogen-bond donors (Lipinski definition) is 3. The summed E-state index contributed by atoms with van der Waals surface area (Å²) in [6.45, 7) is 0. The highest BCUT2D eigenvalue weighted by Gasteiger charge is 2.30. The number of hydrogen-bond acceptors (Lipinski definition) is 3. The molecule has 0 saturated heterocycles. The summed E-state index contributed by atoms with van der Waals surface area (Å²) in [5.74, 6) is -0.478. The smallest absolute Gasteiger partial charge is 0.319 e. The number of ether oxygens (including phenoxy) is 1. The topological polar surface area (TPSA) is 87.7 Å². The molecule has 1 aliphatic rings. The number of carbonyl (C=O) groups is 2. The maximum atomic E-state index is 11.8. The predicted octanol–water partition coefficient (Wildman–Crippen LogP) is 2.07. The molecular formula is C14H18N2O4. The van der Waals surface area contributed by atoms with Gasteiger partial charge < -0.3 is 20.5 Å². The maximum Gasteiger partial charge on any atom is 0.319 e. The number of carboxylic acids is 1. The minimum absolute atomic E-state index is 0.0818. The Balaban J connectivity index is 1.85. The lowest BCUT2D eigenvalue weighted by molar-refractivity contribution is -0.141. The third kappa shape index (κ3) is 3.63. The summed E-state index contributed by atoms with van der Waals surface area (Å²) in [6.07, 6.45) is 1.79. The quantitative estimate of drug-likeness (QED) is 0.786. The number of carboxylic acid groups (broad SMARTS) is 1. The van der Waals surface area contributed by atoms with Gasteiger partial charge >= 0.3 is 12.0 Å². The monoisotopic (exact) mass is 278 g/mol. The van der Waals surface area contributed by atoms with Gasteiger partial charge in [-0.2, -0.15) is 0 Å². The zero-order chi connectivity index (χ0) is 14.5. The number of anilines is 1. The second kappa shape index (κ2) is 6.27. The molecule has 108 valence electrons. The number of urea groups is 1. The first-order valence-corrected chi connectivity index (χ1v) is 6.53. The van der Waals surface area contributed by atoms with Gasteiger partial charge in [0.2, 0.25) is 0 Å². The lowest BCUT2D eigenvalue weighted by Gasteiger charge is -2.13. The van der Waals surface area contributed by atoms with Crippen molar-refractivity contribution in [3.8, 4) is 5.75 Å². The summed E-state index contributed by atoms with van der Waals surface area (Å²) < 4.78 is 5.07. The molecule has 1 aromatic carbocycles. The van der Waals surface area contributed by atoms with Crippen LogP contribution in [0.25, 0.3) is 0 Å². The lowest BCUT2D eigenvalue weighted by atomic mass is 10.1. The summed E-state index contributed by atoms with van der Waals surface area (Å²) in [7, 11) is 1.56. The number of aliphatic carboxylic acids is 1. The van der Waals surface area contributed by atoms with E-state index in [1.54, 1.807) is 31.4 Å². The number of nitrogens with one attached hydrogen (secondary N) is 2. The van der Waals surface area contributed by atoms with Crippen LogP contribution in [0, 0.1) is 5.92 Å². The van der Waals surface area contributed by atoms with E-state index < -0.39 is 5.97 Å². The molecule has 1 aliphatic carbocycles. The van der Waals surface area contributed by atoms with E-state index in [9.17, 15) is 9.59 Å². The first-order chi connectivity index (χ1) is 9.58. The van der Waals surface area contributed by atoms with E-state index in [0.29, 0.717) is 30.7 Å². The average Bonchev–Trinajstić information content (AvgIpc) is 2.87. The zero-order valence-electron chi connectivity index (χ0n) is 11.3. The van der Waals surface area contributed by atoms with Crippen molar-refractivity contribution < 1.29 is 19.4 Å². The van der Waals surface area contributed by atoms with Crippen LogP contribution in [0.3, 0.4) is 0 Å². The second-order valence-electron chi connectivity index (χ2n) is 4.88. The Hall–Kier alpha value is -2.24. The van der Waals surface area contributed by atoms with Crippen LogP contribution in [0.2, 0.25) is 0 Å². The van der Waals surface area contributed by atoms with Crippen LogP contribution in [0.5, 0.6) is 5.75 Å². The summed E-state index contributed by atoms with van der Waals surface area (Å²) in [5, 5.41) is 14.4. The molecule has 1 saturated carbocycles. The van der Waals surface area contributed by atoms with Crippen LogP contribution in [0.15, 0.2) is 24.3 Å². The van der Waals surface area contributed by atoms with Crippen LogP contribution in [-0.2, 0) is 4.79 Å². The van der Waals surface area contributed by atoms with Crippen molar-refractivity contribution >= 4 is 17.7 Å². The predicted molar refractivity (Wildman–Crippen MR) is 73.9 cm³/mol. The van der Waals surface area contributed by atoms with Crippen molar-refractivity contribution in [2.24, 2.45) is 5.92 Å². The Morgan fingerprint density at radius 1 is 1.35 bits per heavy atom. The molecule has 0 spiro atoms. The number of carbonyl (C=O) groups excluding carboxylic acids is 1. The Kier molecular flexibility index (Phi) is 4.45. The number of rotatable bonds is 4. The Labute approximate surface area is 117 Å². The number of methoxy groups -OCH3 is 1. The van der Waals surface area contributed by atoms with Gasteiger partial charge in [0.05, 0.1) is 13.0 Å². The van der Waals surface area contributed by atoms with Crippen molar-refractivity contribution in [3.05, 3.63) is 24.3 Å². The van der Waals surface area contributed by atoms with Crippen molar-refractivity contribution in [2.75, 3.05) is 12.4 Å². The van der Waals surface area contributed by atoms with Crippen molar-refractivity contribution in [3.63, 3.8) is 0 Å². The largest absolute Gasteiger partial charge is 0.497 e. The summed E-state index contributed by atoms with van der Waals surface area (Å²) in [6, 6.07) is 6.64. The molecule has 2 rings (SSSR count). The maximum absolute atomic E-state index is 11.8. The van der Waals surface area contributed by atoms with Gasteiger partial charge in [0.15, 0.2) is 0 Å². The van der Waals surface area contributed by atoms with Gasteiger partial charge in [-0.15, -0.1) is 0 Å². The molecule has 0 bridgehead atoms. The minimum atomic E-state index is -0.789. The van der Waals surface area contributed by atoms with Crippen LogP contribution in [0.1, 0.15) is 19.3 Å². The van der Waals surface area contributed by atoms with E-state index in [1.807, 2.05) is 0 Å². The molecule has 2 atom stereocenters. The van der Waals surface area contributed by atoms with E-state index in [-0.39, 0.29) is 18.0 Å². The highest BCUT2D eigenvalue weighted by Crippen LogP contribution is 2.25. The van der Waals surface area contributed by atoms with Gasteiger partial charge in [-0.25, -0.2) is 4.79 Å². The SMILES string of the molecule is COc1cccc(NC(=O)NC2CCC(C(=O)O)C2)c1. The normalized spacial score (nSPS) is 21.2. The minimum Gasteiger partial charge on any atom is -0.497 e. The van der Waals surface area contributed by atoms with E-state index in [1.165, 1.54) is 0 Å². The Bertz CT molecular complexity index is 504. The first kappa shape index (κ1) is 14.2. The molecule has 0 aromatic heterocycles. The summed E-state index contributed by atoms with van der Waals surface area (Å²) >= 11 is 0. The van der Waals surface area contributed by atoms with Gasteiger partial charge in [0.1, 0.15) is 5.75 Å². The van der Waals surface area contributed by atoms with Gasteiger partial charge in [0, 0.05) is 17.8 Å². The molecular weight excluding hydrogens is 260 g/mol. The van der Waals surface area contributed by atoms with E-state index >= 15 is 0 Å². The van der Waals surface area contributed by atoms with E-state index in [2.05, 4.69) is 10.6 Å². The van der Waals surface area contributed by atoms with E-state index in [0.717, 1.165) is 0 Å². The highest BCUT2D eigenvalue weighted by atomic mass is 16.5. The third-order valence-corrected chi connectivity index (χ3v) is 3.44. The van der Waals surface area contributed by atoms with Crippen molar-refractivity contribution in [2.45, 2.75) is 25.3 Å². The highest BCUT2D eigenvalue weighted by molar-refractivity contribution is 5.89. The fourth-order valence-electron chi connectivity index (χ4n) is 2.39. The Morgan fingerprint density at radius 3 is 2.80 bits per heavy atom. The molecule has 20 heavy (non-hydrogen) atoms. The number of amides is 2. The average molecular weight is 278 g/mol. The molecule has 2 amide bonds. The Morgan fingerprint density at radius 2 is 2.15 bits per heavy atom. The lowest BCUT2D eigenvalue weighted by Crippen LogP contribution is -2.36. The van der Waals surface area contributed by atoms with Crippen LogP contribution in [0.4, 0.5) is 10.5 Å². The van der Waals surface area contributed by atoms with Gasteiger partial charge in [0.25, 0.3) is 0 Å². The fourth-order valence-corrected chi connectivity index (χ4v) is 2.39. The van der Waals surface area contributed by atoms with Crippen molar-refractivity contribution in [1.29, 1.82) is 0 Å². The van der Waals surface area contributed by atoms with Gasteiger partial charge in [-0.3, -0.25) is 4.79 Å². The molecule has 2 unspecified atom stereocenters. The zero-order valence-corrected chi connectivity index (χ0v) is 11.3. The molecule has 0 aliphatic heterocycles. The number of benzene rings is 1. The molecule has 6 nitrogen and oxygen atoms in total. The second-order valence-corrected chi connectivity index (χ2v) is 4.88. The van der Waals surface area contributed by atoms with Gasteiger partial charge in [-0.05, 0) is 31.4 Å². The van der Waals surface area contributed by atoms with Crippen LogP contribution >= 0.6 is 0 Å². The van der Waals surface area contributed by atoms with Crippen LogP contribution in [-0.4, -0.2) is 30.3 Å². The molecule has 3 N–H and O–H groups in total.